The molecular weight excluding hydrogens is 588 g/mol. The fourth-order valence-electron chi connectivity index (χ4n) is 5.35. The number of hydrogen-bond donors (Lipinski definition) is 13. The molecule has 19 heteroatoms. The van der Waals surface area contributed by atoms with E-state index >= 15 is 0 Å². The number of amides is 1. The number of aliphatic imine (C=N–C) groups is 1. The molecule has 0 aromatic heterocycles. The first-order valence-electron chi connectivity index (χ1n) is 14.7. The van der Waals surface area contributed by atoms with Crippen molar-refractivity contribution in [1.82, 2.24) is 5.32 Å². The normalized spacial score (nSPS) is 42.4. The van der Waals surface area contributed by atoms with E-state index in [1.807, 2.05) is 0 Å². The van der Waals surface area contributed by atoms with Gasteiger partial charge in [-0.25, -0.2) is 0 Å². The van der Waals surface area contributed by atoms with Crippen molar-refractivity contribution in [1.29, 1.82) is 0 Å². The van der Waals surface area contributed by atoms with E-state index in [1.165, 1.54) is 6.92 Å². The predicted octanol–water partition coefficient (Wildman–Crippen LogP) is -7.68. The first kappa shape index (κ1) is 36.8. The lowest BCUT2D eigenvalue weighted by molar-refractivity contribution is -0.314. The van der Waals surface area contributed by atoms with Crippen LogP contribution < -0.4 is 39.7 Å². The van der Waals surface area contributed by atoms with Gasteiger partial charge < -0.3 is 89.3 Å². The molecule has 19 N–H and O–H groups in total. The summed E-state index contributed by atoms with van der Waals surface area (Å²) in [6, 6.07) is -4.98. The van der Waals surface area contributed by atoms with Gasteiger partial charge in [-0.1, -0.05) is 0 Å². The minimum Gasteiger partial charge on any atom is -0.394 e. The summed E-state index contributed by atoms with van der Waals surface area (Å²) >= 11 is 0. The molecule has 0 aromatic rings. The zero-order chi connectivity index (χ0) is 32.9. The number of nitrogens with one attached hydrogen (secondary N) is 1. The number of hydrogen-bond acceptors (Lipinski definition) is 17. The fourth-order valence-corrected chi connectivity index (χ4v) is 5.35. The average Bonchev–Trinajstić information content (AvgIpc) is 2.99. The maximum absolute atomic E-state index is 12.8. The van der Waals surface area contributed by atoms with Crippen LogP contribution >= 0.6 is 0 Å². The zero-order valence-electron chi connectivity index (χ0n) is 24.6. The van der Waals surface area contributed by atoms with E-state index < -0.39 is 110 Å². The maximum Gasteiger partial charge on any atom is 0.250 e. The number of carbonyl (C=O) groups excluding carboxylic acids is 1. The van der Waals surface area contributed by atoms with E-state index in [0.717, 1.165) is 0 Å². The van der Waals surface area contributed by atoms with Gasteiger partial charge in [0.2, 0.25) is 0 Å². The second-order valence-electron chi connectivity index (χ2n) is 11.6. The molecule has 256 valence electrons. The third-order valence-corrected chi connectivity index (χ3v) is 8.22. The van der Waals surface area contributed by atoms with Crippen LogP contribution in [0.1, 0.15) is 26.2 Å². The number of ether oxygens (including phenoxy) is 4. The van der Waals surface area contributed by atoms with Crippen LogP contribution in [-0.2, 0) is 23.7 Å². The Morgan fingerprint density at radius 3 is 2.27 bits per heavy atom. The average molecular weight is 639 g/mol. The van der Waals surface area contributed by atoms with E-state index in [4.69, 9.17) is 53.3 Å². The van der Waals surface area contributed by atoms with Gasteiger partial charge in [0, 0.05) is 12.6 Å². The molecule has 1 amide bonds. The number of aliphatic hydroxyl groups is 6. The summed E-state index contributed by atoms with van der Waals surface area (Å²) in [4.78, 5) is 16.9. The molecule has 0 spiro atoms. The van der Waals surface area contributed by atoms with E-state index in [0.29, 0.717) is 12.8 Å². The van der Waals surface area contributed by atoms with Crippen LogP contribution in [-0.4, -0.2) is 160 Å². The van der Waals surface area contributed by atoms with Crippen molar-refractivity contribution in [2.45, 2.75) is 124 Å². The molecule has 2 heterocycles. The molecule has 8 unspecified atom stereocenters. The molecule has 0 bridgehead atoms. The van der Waals surface area contributed by atoms with Crippen LogP contribution in [0.5, 0.6) is 0 Å². The first-order chi connectivity index (χ1) is 20.7. The largest absolute Gasteiger partial charge is 0.394 e. The molecule has 44 heavy (non-hydrogen) atoms. The predicted molar refractivity (Wildman–Crippen MR) is 153 cm³/mol. The van der Waals surface area contributed by atoms with E-state index in [2.05, 4.69) is 10.3 Å². The van der Waals surface area contributed by atoms with Crippen LogP contribution in [0.3, 0.4) is 0 Å². The SMILES string of the molecule is CC(O)C(N)=NC[C@@H]1CCC(N)[C@@H](OC2C(O)C(O[C@H]3OC(CO)C(O)[C@H](N)C3O)[C@H](NC(=O)[C@@H](O)[C@H](N)CN)C[C@@H]2N)O1. The van der Waals surface area contributed by atoms with E-state index in [9.17, 15) is 35.4 Å². The molecule has 0 radical (unpaired) electrons. The monoisotopic (exact) mass is 638 g/mol. The maximum atomic E-state index is 12.8. The molecule has 16 atom stereocenters. The topological polar surface area (TPSA) is 356 Å². The Morgan fingerprint density at radius 2 is 1.66 bits per heavy atom. The Balaban J connectivity index is 1.82. The molecular formula is C25H50N8O11. The van der Waals surface area contributed by atoms with Gasteiger partial charge in [0.1, 0.15) is 54.7 Å². The smallest absolute Gasteiger partial charge is 0.250 e. The van der Waals surface area contributed by atoms with Gasteiger partial charge in [-0.2, -0.15) is 0 Å². The molecule has 3 rings (SSSR count). The van der Waals surface area contributed by atoms with E-state index in [-0.39, 0.29) is 25.3 Å². The van der Waals surface area contributed by atoms with E-state index in [1.54, 1.807) is 0 Å². The second kappa shape index (κ2) is 16.3. The Hall–Kier alpha value is -1.66. The van der Waals surface area contributed by atoms with Crippen molar-refractivity contribution in [3.8, 4) is 0 Å². The minimum absolute atomic E-state index is 0.0408. The first-order valence-corrected chi connectivity index (χ1v) is 14.7. The van der Waals surface area contributed by atoms with Crippen LogP contribution in [0.25, 0.3) is 0 Å². The van der Waals surface area contributed by atoms with Crippen molar-refractivity contribution in [2.24, 2.45) is 39.4 Å². The highest BCUT2D eigenvalue weighted by Gasteiger charge is 2.51. The highest BCUT2D eigenvalue weighted by molar-refractivity contribution is 5.84. The summed E-state index contributed by atoms with van der Waals surface area (Å²) in [7, 11) is 0. The number of nitrogens with two attached hydrogens (primary N) is 6. The summed E-state index contributed by atoms with van der Waals surface area (Å²) in [6.07, 6.45) is -13.2. The molecule has 19 nitrogen and oxygen atoms in total. The molecule has 2 saturated heterocycles. The number of rotatable bonds is 12. The Bertz CT molecular complexity index is 952. The molecule has 3 aliphatic rings. The lowest BCUT2D eigenvalue weighted by Crippen LogP contribution is -2.69. The van der Waals surface area contributed by atoms with Crippen LogP contribution in [0.15, 0.2) is 4.99 Å². The van der Waals surface area contributed by atoms with Gasteiger partial charge in [-0.05, 0) is 26.2 Å². The Morgan fingerprint density at radius 1 is 1.00 bits per heavy atom. The van der Waals surface area contributed by atoms with Crippen molar-refractivity contribution >= 4 is 11.7 Å². The Labute approximate surface area is 254 Å². The van der Waals surface area contributed by atoms with Crippen molar-refractivity contribution in [3.63, 3.8) is 0 Å². The molecule has 1 saturated carbocycles. The summed E-state index contributed by atoms with van der Waals surface area (Å²) in [5.41, 5.74) is 35.5. The highest BCUT2D eigenvalue weighted by atomic mass is 16.7. The summed E-state index contributed by atoms with van der Waals surface area (Å²) < 4.78 is 23.6. The number of nitrogens with zero attached hydrogens (tertiary/aromatic N) is 1. The van der Waals surface area contributed by atoms with Crippen molar-refractivity contribution in [3.05, 3.63) is 0 Å². The fraction of sp³-hybridized carbons (Fsp3) is 0.920. The number of carbonyl (C=O) groups is 1. The van der Waals surface area contributed by atoms with Crippen LogP contribution in [0.2, 0.25) is 0 Å². The van der Waals surface area contributed by atoms with Gasteiger partial charge in [0.15, 0.2) is 12.6 Å². The second-order valence-corrected chi connectivity index (χ2v) is 11.6. The highest BCUT2D eigenvalue weighted by Crippen LogP contribution is 2.31. The summed E-state index contributed by atoms with van der Waals surface area (Å²) in [6.45, 7) is 0.763. The minimum atomic E-state index is -1.70. The van der Waals surface area contributed by atoms with Gasteiger partial charge in [-0.15, -0.1) is 0 Å². The van der Waals surface area contributed by atoms with Crippen LogP contribution in [0, 0.1) is 0 Å². The number of amidine groups is 1. The molecule has 3 fully saturated rings. The summed E-state index contributed by atoms with van der Waals surface area (Å²) in [5, 5.41) is 64.5. The quantitative estimate of drug-likeness (QED) is 0.0697. The van der Waals surface area contributed by atoms with Gasteiger partial charge in [-0.3, -0.25) is 9.79 Å². The lowest BCUT2D eigenvalue weighted by atomic mass is 9.83. The molecule has 1 aliphatic carbocycles. The Kier molecular flexibility index (Phi) is 13.6. The lowest BCUT2D eigenvalue weighted by Gasteiger charge is -2.48. The van der Waals surface area contributed by atoms with Gasteiger partial charge >= 0.3 is 0 Å². The number of aliphatic hydroxyl groups excluding tert-OH is 6. The van der Waals surface area contributed by atoms with Crippen molar-refractivity contribution < 1.29 is 54.4 Å². The third-order valence-electron chi connectivity index (χ3n) is 8.22. The standard InChI is InChI=1S/C25H50N8O11/c1-8(35)22(31)32-6-9-2-3-10(27)24(41-9)43-20-11(28)4-13(33-23(40)16(36)12(29)5-26)21(19(20)39)44-25-18(38)15(30)17(37)14(7-34)42-25/h8-21,24-25,34-39H,2-7,26-30H2,1H3,(H2,31,32)(H,33,40)/t8?,9-,10?,11-,12+,13+,14?,15-,16-,17?,18?,19?,20?,21?,24+,25+/m0/s1. The van der Waals surface area contributed by atoms with Crippen molar-refractivity contribution in [2.75, 3.05) is 19.7 Å². The summed E-state index contributed by atoms with van der Waals surface area (Å²) in [5.74, 6) is -0.873. The van der Waals surface area contributed by atoms with Gasteiger partial charge in [0.25, 0.3) is 5.91 Å². The third kappa shape index (κ3) is 8.78. The van der Waals surface area contributed by atoms with Gasteiger partial charge in [0.05, 0.1) is 43.4 Å². The zero-order valence-corrected chi connectivity index (χ0v) is 24.6. The molecule has 2 aliphatic heterocycles. The molecule has 0 aromatic carbocycles. The van der Waals surface area contributed by atoms with Crippen LogP contribution in [0.4, 0.5) is 0 Å².